The summed E-state index contributed by atoms with van der Waals surface area (Å²) in [6.45, 7) is 3.54. The summed E-state index contributed by atoms with van der Waals surface area (Å²) in [6.07, 6.45) is 2.10. The lowest BCUT2D eigenvalue weighted by Gasteiger charge is -2.40. The average molecular weight is 412 g/mol. The molecule has 4 rings (SSSR count). The highest BCUT2D eigenvalue weighted by atomic mass is 16.5. The zero-order valence-electron chi connectivity index (χ0n) is 17.2. The number of piperidine rings is 1. The number of phenolic OH excluding ortho intramolecular Hbond substituents is 2. The maximum absolute atomic E-state index is 12.6. The number of anilines is 1. The fourth-order valence-electron chi connectivity index (χ4n) is 4.54. The van der Waals surface area contributed by atoms with Crippen molar-refractivity contribution >= 4 is 11.7 Å². The Morgan fingerprint density at radius 3 is 2.70 bits per heavy atom. The van der Waals surface area contributed by atoms with Gasteiger partial charge in [0.1, 0.15) is 11.5 Å². The van der Waals surface area contributed by atoms with Gasteiger partial charge in [0.25, 0.3) is 0 Å². The van der Waals surface area contributed by atoms with E-state index in [0.717, 1.165) is 29.5 Å². The first kappa shape index (κ1) is 20.5. The second-order valence-corrected chi connectivity index (χ2v) is 8.21. The number of fused-ring (bicyclic) bond motifs is 1. The van der Waals surface area contributed by atoms with Crippen molar-refractivity contribution in [3.63, 3.8) is 0 Å². The summed E-state index contributed by atoms with van der Waals surface area (Å²) in [5.41, 5.74) is 9.33. The molecular formula is C23H29N3O4. The summed E-state index contributed by atoms with van der Waals surface area (Å²) < 4.78 is 6.32. The van der Waals surface area contributed by atoms with Crippen molar-refractivity contribution in [1.29, 1.82) is 0 Å². The van der Waals surface area contributed by atoms with Crippen LogP contribution in [0.2, 0.25) is 0 Å². The Morgan fingerprint density at radius 2 is 2.00 bits per heavy atom. The number of hydrogen-bond donors (Lipinski definition) is 4. The Balaban J connectivity index is 1.39. The maximum atomic E-state index is 12.6. The normalized spacial score (nSPS) is 21.9. The fraction of sp³-hybridized carbons (Fsp3) is 0.435. The Bertz CT molecular complexity index is 925. The van der Waals surface area contributed by atoms with Gasteiger partial charge in [-0.15, -0.1) is 0 Å². The molecule has 1 fully saturated rings. The number of phenols is 2. The highest BCUT2D eigenvalue weighted by molar-refractivity contribution is 5.89. The zero-order valence-corrected chi connectivity index (χ0v) is 17.2. The van der Waals surface area contributed by atoms with Crippen LogP contribution in [0.5, 0.6) is 11.5 Å². The Hall–Kier alpha value is -2.77. The van der Waals surface area contributed by atoms with E-state index in [0.29, 0.717) is 43.4 Å². The number of nitrogens with zero attached hydrogens (tertiary/aromatic N) is 1. The smallest absolute Gasteiger partial charge is 0.321 e. The molecule has 2 aliphatic heterocycles. The van der Waals surface area contributed by atoms with Gasteiger partial charge in [-0.25, -0.2) is 4.79 Å². The number of rotatable bonds is 3. The lowest BCUT2D eigenvalue weighted by atomic mass is 9.83. The molecule has 2 aromatic carbocycles. The molecule has 7 heteroatoms. The van der Waals surface area contributed by atoms with Gasteiger partial charge in [0.15, 0.2) is 0 Å². The monoisotopic (exact) mass is 411 g/mol. The minimum absolute atomic E-state index is 0.0185. The summed E-state index contributed by atoms with van der Waals surface area (Å²) in [4.78, 5) is 14.3. The summed E-state index contributed by atoms with van der Waals surface area (Å²) >= 11 is 0. The number of urea groups is 1. The first-order chi connectivity index (χ1) is 14.5. The molecule has 30 heavy (non-hydrogen) atoms. The number of carbonyl (C=O) groups is 1. The first-order valence-electron chi connectivity index (χ1n) is 10.5. The number of ether oxygens (including phenoxy) is 1. The number of nitrogens with two attached hydrogens (primary N) is 1. The molecule has 1 saturated heterocycles. The number of aromatic hydroxyl groups is 2. The van der Waals surface area contributed by atoms with Crippen molar-refractivity contribution in [3.8, 4) is 11.5 Å². The largest absolute Gasteiger partial charge is 0.508 e. The molecule has 2 aromatic rings. The van der Waals surface area contributed by atoms with Gasteiger partial charge in [0.2, 0.25) is 0 Å². The standard InChI is InChI=1S/C23H29N3O4/c1-14-5-6-18-19(22(14)28)12-20(30-21(18)13-24)15-7-9-26(10-8-15)23(29)25-16-3-2-4-17(27)11-16/h2-6,11,15,20-21,27-28H,7-10,12-13,24H2,1H3,(H,25,29)/t20-,21-/m0/s1. The Labute approximate surface area is 176 Å². The van der Waals surface area contributed by atoms with Crippen molar-refractivity contribution in [2.75, 3.05) is 25.0 Å². The number of nitrogens with one attached hydrogen (secondary N) is 1. The predicted molar refractivity (Wildman–Crippen MR) is 115 cm³/mol. The summed E-state index contributed by atoms with van der Waals surface area (Å²) in [6, 6.07) is 10.3. The number of amides is 2. The molecule has 0 aromatic heterocycles. The number of benzene rings is 2. The van der Waals surface area contributed by atoms with Crippen LogP contribution in [-0.4, -0.2) is 46.9 Å². The molecule has 0 radical (unpaired) electrons. The van der Waals surface area contributed by atoms with Crippen molar-refractivity contribution in [2.24, 2.45) is 11.7 Å². The van der Waals surface area contributed by atoms with Crippen LogP contribution >= 0.6 is 0 Å². The molecule has 2 aliphatic rings. The molecule has 2 heterocycles. The van der Waals surface area contributed by atoms with E-state index < -0.39 is 0 Å². The van der Waals surface area contributed by atoms with Crippen LogP contribution in [0.4, 0.5) is 10.5 Å². The van der Waals surface area contributed by atoms with Crippen LogP contribution in [0.25, 0.3) is 0 Å². The van der Waals surface area contributed by atoms with Crippen molar-refractivity contribution < 1.29 is 19.7 Å². The van der Waals surface area contributed by atoms with E-state index in [1.807, 2.05) is 19.1 Å². The van der Waals surface area contributed by atoms with Gasteiger partial charge in [0, 0.05) is 43.4 Å². The lowest BCUT2D eigenvalue weighted by molar-refractivity contribution is -0.0624. The molecule has 0 unspecified atom stereocenters. The lowest BCUT2D eigenvalue weighted by Crippen LogP contribution is -2.45. The molecule has 5 N–H and O–H groups in total. The number of aryl methyl sites for hydroxylation is 1. The van der Waals surface area contributed by atoms with Gasteiger partial charge in [-0.05, 0) is 48.9 Å². The van der Waals surface area contributed by atoms with Crippen molar-refractivity contribution in [1.82, 2.24) is 4.90 Å². The molecule has 0 spiro atoms. The van der Waals surface area contributed by atoms with Crippen LogP contribution in [0.15, 0.2) is 36.4 Å². The van der Waals surface area contributed by atoms with E-state index in [2.05, 4.69) is 5.32 Å². The summed E-state index contributed by atoms with van der Waals surface area (Å²) in [7, 11) is 0. The molecule has 2 amide bonds. The van der Waals surface area contributed by atoms with E-state index in [9.17, 15) is 15.0 Å². The number of likely N-dealkylation sites (tertiary alicyclic amines) is 1. The van der Waals surface area contributed by atoms with Gasteiger partial charge >= 0.3 is 6.03 Å². The number of hydrogen-bond acceptors (Lipinski definition) is 5. The molecular weight excluding hydrogens is 382 g/mol. The van der Waals surface area contributed by atoms with Crippen LogP contribution in [-0.2, 0) is 11.2 Å². The van der Waals surface area contributed by atoms with Gasteiger partial charge in [-0.1, -0.05) is 18.2 Å². The van der Waals surface area contributed by atoms with Gasteiger partial charge in [-0.3, -0.25) is 0 Å². The van der Waals surface area contributed by atoms with E-state index in [4.69, 9.17) is 10.5 Å². The van der Waals surface area contributed by atoms with Crippen LogP contribution in [0.1, 0.15) is 35.6 Å². The number of carbonyl (C=O) groups excluding carboxylic acids is 1. The molecule has 2 atom stereocenters. The van der Waals surface area contributed by atoms with Crippen LogP contribution < -0.4 is 11.1 Å². The van der Waals surface area contributed by atoms with Gasteiger partial charge < -0.3 is 30.9 Å². The average Bonchev–Trinajstić information content (AvgIpc) is 2.76. The van der Waals surface area contributed by atoms with Gasteiger partial charge in [0.05, 0.1) is 12.2 Å². The third kappa shape index (κ3) is 4.08. The van der Waals surface area contributed by atoms with Crippen molar-refractivity contribution in [2.45, 2.75) is 38.4 Å². The highest BCUT2D eigenvalue weighted by Crippen LogP contribution is 2.40. The molecule has 0 saturated carbocycles. The maximum Gasteiger partial charge on any atom is 0.321 e. The third-order valence-electron chi connectivity index (χ3n) is 6.28. The van der Waals surface area contributed by atoms with Crippen LogP contribution in [0, 0.1) is 12.8 Å². The minimum Gasteiger partial charge on any atom is -0.508 e. The Kier molecular flexibility index (Phi) is 5.83. The van der Waals surface area contributed by atoms with E-state index >= 15 is 0 Å². The topological polar surface area (TPSA) is 108 Å². The quantitative estimate of drug-likeness (QED) is 0.620. The summed E-state index contributed by atoms with van der Waals surface area (Å²) in [5.74, 6) is 0.772. The van der Waals surface area contributed by atoms with E-state index in [1.165, 1.54) is 6.07 Å². The molecule has 7 nitrogen and oxygen atoms in total. The van der Waals surface area contributed by atoms with E-state index in [-0.39, 0.29) is 24.0 Å². The zero-order chi connectivity index (χ0) is 21.3. The predicted octanol–water partition coefficient (Wildman–Crippen LogP) is 3.29. The van der Waals surface area contributed by atoms with E-state index in [1.54, 1.807) is 23.1 Å². The molecule has 160 valence electrons. The van der Waals surface area contributed by atoms with Gasteiger partial charge in [-0.2, -0.15) is 0 Å². The molecule has 0 aliphatic carbocycles. The molecule has 0 bridgehead atoms. The fourth-order valence-corrected chi connectivity index (χ4v) is 4.54. The second-order valence-electron chi connectivity index (χ2n) is 8.21. The SMILES string of the molecule is Cc1ccc2c(c1O)C[C@@H](C1CCN(C(=O)Nc3cccc(O)c3)CC1)O[C@H]2CN. The minimum atomic E-state index is -0.211. The van der Waals surface area contributed by atoms with Crippen molar-refractivity contribution in [3.05, 3.63) is 53.1 Å². The first-order valence-corrected chi connectivity index (χ1v) is 10.5. The summed E-state index contributed by atoms with van der Waals surface area (Å²) in [5, 5.41) is 23.0. The third-order valence-corrected chi connectivity index (χ3v) is 6.28. The Morgan fingerprint density at radius 1 is 1.23 bits per heavy atom. The van der Waals surface area contributed by atoms with Crippen LogP contribution in [0.3, 0.4) is 0 Å². The second kappa shape index (κ2) is 8.53. The highest BCUT2D eigenvalue weighted by Gasteiger charge is 2.36.